The second-order valence-corrected chi connectivity index (χ2v) is 10.3. The molecule has 0 unspecified atom stereocenters. The van der Waals surface area contributed by atoms with Gasteiger partial charge < -0.3 is 0 Å². The summed E-state index contributed by atoms with van der Waals surface area (Å²) in [5, 5.41) is 7.72. The Morgan fingerprint density at radius 1 is 1.13 bits per heavy atom. The molecule has 0 bridgehead atoms. The molecule has 8 heteroatoms. The summed E-state index contributed by atoms with van der Waals surface area (Å²) in [6.07, 6.45) is 3.45. The van der Waals surface area contributed by atoms with E-state index in [4.69, 9.17) is 28.3 Å². The van der Waals surface area contributed by atoms with E-state index >= 15 is 0 Å². The summed E-state index contributed by atoms with van der Waals surface area (Å²) < 4.78 is 1.55. The molecule has 1 fully saturated rings. The summed E-state index contributed by atoms with van der Waals surface area (Å²) in [6.45, 7) is 3.93. The zero-order chi connectivity index (χ0) is 22.2. The van der Waals surface area contributed by atoms with Crippen LogP contribution in [0.4, 0.5) is 5.69 Å². The smallest absolute Gasteiger partial charge is 0.263 e. The summed E-state index contributed by atoms with van der Waals surface area (Å²) >= 11 is 16.2. The lowest BCUT2D eigenvalue weighted by atomic mass is 9.91. The molecule has 1 N–H and O–H groups in total. The molecule has 2 aliphatic heterocycles. The van der Waals surface area contributed by atoms with Gasteiger partial charge in [-0.3, -0.25) is 9.80 Å². The average Bonchev–Trinajstić information content (AvgIpc) is 3.06. The largest absolute Gasteiger partial charge is 0.312 e. The van der Waals surface area contributed by atoms with Gasteiger partial charge in [0, 0.05) is 15.4 Å². The molecule has 0 radical (unpaired) electrons. The summed E-state index contributed by atoms with van der Waals surface area (Å²) in [5.41, 5.74) is 5.53. The molecule has 2 heterocycles. The molecule has 2 aromatic rings. The van der Waals surface area contributed by atoms with Crippen molar-refractivity contribution in [3.8, 4) is 0 Å². The number of piperidine rings is 1. The van der Waals surface area contributed by atoms with Crippen molar-refractivity contribution in [2.75, 3.05) is 25.1 Å². The molecule has 31 heavy (non-hydrogen) atoms. The summed E-state index contributed by atoms with van der Waals surface area (Å²) in [7, 11) is 2.08. The maximum absolute atomic E-state index is 13.3. The normalized spacial score (nSPS) is 22.9. The Balaban J connectivity index is 1.70. The van der Waals surface area contributed by atoms with Crippen LogP contribution in [0.1, 0.15) is 37.8 Å². The predicted molar refractivity (Wildman–Crippen MR) is 130 cm³/mol. The first-order valence-electron chi connectivity index (χ1n) is 10.5. The first-order chi connectivity index (χ1) is 14.8. The zero-order valence-electron chi connectivity index (χ0n) is 17.6. The molecular formula is C23H26BrCl2N4O+. The van der Waals surface area contributed by atoms with Crippen molar-refractivity contribution < 1.29 is 9.39 Å². The van der Waals surface area contributed by atoms with Gasteiger partial charge >= 0.3 is 5.91 Å². The molecule has 0 aromatic heterocycles. The van der Waals surface area contributed by atoms with E-state index in [1.807, 2.05) is 30.1 Å². The highest BCUT2D eigenvalue weighted by Crippen LogP contribution is 2.42. The molecule has 2 aromatic carbocycles. The fourth-order valence-electron chi connectivity index (χ4n) is 4.47. The molecule has 2 aliphatic rings. The number of hydrogen-bond donors (Lipinski definition) is 1. The average molecular weight is 525 g/mol. The molecule has 5 nitrogen and oxygen atoms in total. The van der Waals surface area contributed by atoms with Crippen molar-refractivity contribution in [3.05, 3.63) is 62.5 Å². The van der Waals surface area contributed by atoms with E-state index in [-0.39, 0.29) is 17.9 Å². The van der Waals surface area contributed by atoms with Crippen LogP contribution in [0, 0.1) is 5.92 Å². The van der Waals surface area contributed by atoms with E-state index in [1.165, 1.54) is 6.42 Å². The van der Waals surface area contributed by atoms with Crippen molar-refractivity contribution >= 4 is 56.4 Å². The minimum atomic E-state index is -0.154. The van der Waals surface area contributed by atoms with Crippen LogP contribution in [0.25, 0.3) is 0 Å². The Morgan fingerprint density at radius 3 is 2.45 bits per heavy atom. The number of rotatable bonds is 4. The van der Waals surface area contributed by atoms with E-state index < -0.39 is 0 Å². The number of likely N-dealkylation sites (tertiary alicyclic amines) is 1. The second-order valence-electron chi connectivity index (χ2n) is 8.56. The maximum atomic E-state index is 13.3. The third-order valence-corrected chi connectivity index (χ3v) is 7.23. The number of carbonyl (C=O) groups is 1. The number of nitrogens with one attached hydrogen (secondary N) is 1. The monoisotopic (exact) mass is 523 g/mol. The van der Waals surface area contributed by atoms with Crippen molar-refractivity contribution in [3.63, 3.8) is 0 Å². The van der Waals surface area contributed by atoms with Gasteiger partial charge in [-0.2, -0.15) is 10.5 Å². The van der Waals surface area contributed by atoms with Crippen LogP contribution in [-0.4, -0.2) is 36.3 Å². The third kappa shape index (κ3) is 4.77. The second kappa shape index (κ2) is 9.10. The predicted octanol–water partition coefficient (Wildman–Crippen LogP) is 5.97. The molecular weight excluding hydrogens is 499 g/mol. The fraction of sp³-hybridized carbons (Fsp3) is 0.391. The summed E-state index contributed by atoms with van der Waals surface area (Å²) in [6, 6.07) is 13.3. The van der Waals surface area contributed by atoms with E-state index in [2.05, 4.69) is 40.5 Å². The van der Waals surface area contributed by atoms with E-state index in [0.29, 0.717) is 20.3 Å². The van der Waals surface area contributed by atoms with Crippen molar-refractivity contribution in [1.29, 1.82) is 0 Å². The fourth-order valence-corrected chi connectivity index (χ4v) is 5.23. The van der Waals surface area contributed by atoms with E-state index in [9.17, 15) is 4.79 Å². The number of benzene rings is 2. The molecule has 1 saturated heterocycles. The van der Waals surface area contributed by atoms with Crippen molar-refractivity contribution in [1.82, 2.24) is 5.43 Å². The molecule has 0 saturated carbocycles. The number of carbonyl (C=O) groups excluding carboxylic acids is 1. The van der Waals surface area contributed by atoms with Crippen LogP contribution < -0.4 is 10.4 Å². The van der Waals surface area contributed by atoms with Gasteiger partial charge in [-0.25, -0.2) is 4.59 Å². The molecule has 2 atom stereocenters. The van der Waals surface area contributed by atoms with Gasteiger partial charge in [-0.1, -0.05) is 58.2 Å². The lowest BCUT2D eigenvalue weighted by Gasteiger charge is -2.36. The van der Waals surface area contributed by atoms with Crippen LogP contribution in [0.5, 0.6) is 0 Å². The van der Waals surface area contributed by atoms with Gasteiger partial charge in [0.25, 0.3) is 0 Å². The summed E-state index contributed by atoms with van der Waals surface area (Å²) in [4.78, 5) is 13.3. The number of quaternary nitrogens is 1. The van der Waals surface area contributed by atoms with Gasteiger partial charge in [0.15, 0.2) is 0 Å². The lowest BCUT2D eigenvalue weighted by Crippen LogP contribution is -2.61. The first-order valence-corrected chi connectivity index (χ1v) is 12.1. The Bertz CT molecular complexity index is 1010. The molecule has 0 spiro atoms. The van der Waals surface area contributed by atoms with Crippen LogP contribution in [-0.2, 0) is 4.79 Å². The molecule has 164 valence electrons. The van der Waals surface area contributed by atoms with Crippen LogP contribution in [0.15, 0.2) is 52.0 Å². The highest BCUT2D eigenvalue weighted by Gasteiger charge is 2.42. The molecule has 4 rings (SSSR count). The number of halogens is 3. The van der Waals surface area contributed by atoms with Gasteiger partial charge in [0.05, 0.1) is 23.8 Å². The minimum absolute atomic E-state index is 0.119. The molecule has 0 aliphatic carbocycles. The van der Waals surface area contributed by atoms with Gasteiger partial charge in [0.2, 0.25) is 0 Å². The van der Waals surface area contributed by atoms with Gasteiger partial charge in [-0.15, -0.1) is 0 Å². The van der Waals surface area contributed by atoms with Crippen molar-refractivity contribution in [2.45, 2.75) is 32.2 Å². The molecule has 1 amide bonds. The van der Waals surface area contributed by atoms with Crippen LogP contribution in [0.2, 0.25) is 10.0 Å². The third-order valence-electron chi connectivity index (χ3n) is 6.16. The van der Waals surface area contributed by atoms with Gasteiger partial charge in [0.1, 0.15) is 18.8 Å². The Labute approximate surface area is 201 Å². The standard InChI is InChI=1S/C23H25BrCl2N4O/c1-15-21(23(31)28-30(2)12-4-3-5-13-30)27-29(20-11-10-18(25)14-19(20)26)22(15)16-6-8-17(24)9-7-16/h6-11,14-15,22H,3-5,12-13H2,1-2H3/p+1/t15-,22+/m1/s1. The van der Waals surface area contributed by atoms with Crippen LogP contribution >= 0.6 is 39.1 Å². The minimum Gasteiger partial charge on any atom is -0.263 e. The first kappa shape index (κ1) is 22.6. The SMILES string of the molecule is C[C@@H]1C(C(=O)N[N+]2(C)CCCCC2)=NN(c2ccc(Cl)cc2Cl)[C@@H]1c1ccc(Br)cc1. The Kier molecular flexibility index (Phi) is 6.63. The van der Waals surface area contributed by atoms with Gasteiger partial charge in [-0.05, 0) is 55.2 Å². The quantitative estimate of drug-likeness (QED) is 0.500. The number of hydrazone groups is 1. The lowest BCUT2D eigenvalue weighted by molar-refractivity contribution is -0.947. The van der Waals surface area contributed by atoms with Crippen molar-refractivity contribution in [2.24, 2.45) is 11.0 Å². The number of anilines is 1. The maximum Gasteiger partial charge on any atom is 0.312 e. The zero-order valence-corrected chi connectivity index (χ0v) is 20.7. The topological polar surface area (TPSA) is 44.7 Å². The summed E-state index contributed by atoms with van der Waals surface area (Å²) in [5.74, 6) is -0.240. The highest BCUT2D eigenvalue weighted by atomic mass is 79.9. The number of hydrogen-bond acceptors (Lipinski definition) is 3. The Hall–Kier alpha value is -1.60. The number of nitrogens with zero attached hydrogens (tertiary/aromatic N) is 3. The van der Waals surface area contributed by atoms with E-state index in [1.54, 1.807) is 12.1 Å². The Morgan fingerprint density at radius 2 is 1.81 bits per heavy atom. The van der Waals surface area contributed by atoms with E-state index in [0.717, 1.165) is 41.7 Å². The number of amides is 1. The highest BCUT2D eigenvalue weighted by molar-refractivity contribution is 9.10. The van der Waals surface area contributed by atoms with Crippen LogP contribution in [0.3, 0.4) is 0 Å².